The molecule has 1 aromatic heterocycles. The molecule has 2 heterocycles. The van der Waals surface area contributed by atoms with Gasteiger partial charge in [-0.2, -0.15) is 4.31 Å². The molecular formula is C11H19N5O3S. The maximum Gasteiger partial charge on any atom is 0.260 e. The lowest BCUT2D eigenvalue weighted by Gasteiger charge is -2.37. The minimum atomic E-state index is -3.55. The normalized spacial score (nSPS) is 21.0. The fraction of sp³-hybridized carbons (Fsp3) is 0.636. The van der Waals surface area contributed by atoms with E-state index in [0.717, 1.165) is 0 Å². The van der Waals surface area contributed by atoms with Gasteiger partial charge in [0.2, 0.25) is 0 Å². The molecule has 0 radical (unpaired) electrons. The lowest BCUT2D eigenvalue weighted by molar-refractivity contribution is 0.229. The van der Waals surface area contributed by atoms with Crippen LogP contribution in [0.25, 0.3) is 0 Å². The summed E-state index contributed by atoms with van der Waals surface area (Å²) in [5.41, 5.74) is 5.20. The van der Waals surface area contributed by atoms with Gasteiger partial charge in [0.15, 0.2) is 5.03 Å². The summed E-state index contributed by atoms with van der Waals surface area (Å²) in [4.78, 5) is 6.65. The number of H-pyrrole nitrogens is 1. The van der Waals surface area contributed by atoms with Crippen LogP contribution in [0.2, 0.25) is 0 Å². The Bertz CT molecular complexity index is 614. The molecule has 112 valence electrons. The van der Waals surface area contributed by atoms with Crippen molar-refractivity contribution in [2.24, 2.45) is 16.3 Å². The molecule has 0 aromatic carbocycles. The van der Waals surface area contributed by atoms with E-state index in [-0.39, 0.29) is 10.9 Å². The van der Waals surface area contributed by atoms with Crippen molar-refractivity contribution in [2.45, 2.75) is 31.7 Å². The number of nitrogens with zero attached hydrogens (tertiary/aromatic N) is 3. The number of aromatic amines is 1. The van der Waals surface area contributed by atoms with Gasteiger partial charge >= 0.3 is 0 Å². The molecule has 0 aliphatic carbocycles. The summed E-state index contributed by atoms with van der Waals surface area (Å²) >= 11 is 0. The molecule has 20 heavy (non-hydrogen) atoms. The Labute approximate surface area is 117 Å². The molecule has 0 unspecified atom stereocenters. The second kappa shape index (κ2) is 5.06. The number of piperidine rings is 1. The first-order chi connectivity index (χ1) is 9.29. The molecule has 1 aliphatic rings. The Hall–Kier alpha value is -1.61. The number of rotatable bonds is 3. The summed E-state index contributed by atoms with van der Waals surface area (Å²) in [5.74, 6) is 0.703. The van der Waals surface area contributed by atoms with Crippen molar-refractivity contribution in [3.05, 3.63) is 12.0 Å². The summed E-state index contributed by atoms with van der Waals surface area (Å²) in [5, 5.41) is 11.9. The average molecular weight is 301 g/mol. The van der Waals surface area contributed by atoms with Crippen LogP contribution in [0.1, 0.15) is 25.6 Å². The quantitative estimate of drug-likeness (QED) is 0.319. The van der Waals surface area contributed by atoms with Gasteiger partial charge in [-0.15, -0.1) is 0 Å². The third kappa shape index (κ3) is 2.50. The molecule has 0 saturated carbocycles. The van der Waals surface area contributed by atoms with Gasteiger partial charge in [0, 0.05) is 18.5 Å². The highest BCUT2D eigenvalue weighted by Crippen LogP contribution is 2.33. The van der Waals surface area contributed by atoms with E-state index in [2.05, 4.69) is 15.1 Å². The summed E-state index contributed by atoms with van der Waals surface area (Å²) in [7, 11) is -3.55. The SMILES string of the molecule is Cc1ncc(S(=O)(=O)N2CCC(C)(/C(N)=N/O)CC2)[nH]1. The number of aromatic nitrogens is 2. The molecule has 1 aliphatic heterocycles. The van der Waals surface area contributed by atoms with Gasteiger partial charge in [-0.05, 0) is 19.8 Å². The number of hydrogen-bond donors (Lipinski definition) is 3. The highest BCUT2D eigenvalue weighted by atomic mass is 32.2. The molecule has 2 rings (SSSR count). The van der Waals surface area contributed by atoms with E-state index >= 15 is 0 Å². The van der Waals surface area contributed by atoms with Gasteiger partial charge < -0.3 is 15.9 Å². The van der Waals surface area contributed by atoms with Crippen molar-refractivity contribution >= 4 is 15.9 Å². The zero-order valence-electron chi connectivity index (χ0n) is 11.5. The van der Waals surface area contributed by atoms with Crippen molar-refractivity contribution in [1.82, 2.24) is 14.3 Å². The molecule has 1 fully saturated rings. The summed E-state index contributed by atoms with van der Waals surface area (Å²) in [6.45, 7) is 4.22. The topological polar surface area (TPSA) is 125 Å². The molecule has 8 nitrogen and oxygen atoms in total. The molecule has 1 saturated heterocycles. The third-order valence-electron chi connectivity index (χ3n) is 3.85. The van der Waals surface area contributed by atoms with Crippen molar-refractivity contribution in [3.63, 3.8) is 0 Å². The van der Waals surface area contributed by atoms with Crippen molar-refractivity contribution in [3.8, 4) is 0 Å². The number of nitrogens with two attached hydrogens (primary N) is 1. The molecule has 1 aromatic rings. The van der Waals surface area contributed by atoms with Gasteiger partial charge in [-0.25, -0.2) is 13.4 Å². The van der Waals surface area contributed by atoms with Crippen molar-refractivity contribution in [2.75, 3.05) is 13.1 Å². The minimum absolute atomic E-state index is 0.0994. The molecule has 4 N–H and O–H groups in total. The van der Waals surface area contributed by atoms with E-state index < -0.39 is 15.4 Å². The Balaban J connectivity index is 2.15. The first kappa shape index (κ1) is 14.8. The fourth-order valence-corrected chi connectivity index (χ4v) is 3.67. The molecule has 9 heteroatoms. The highest BCUT2D eigenvalue weighted by Gasteiger charge is 2.38. The van der Waals surface area contributed by atoms with Gasteiger partial charge in [0.25, 0.3) is 10.0 Å². The monoisotopic (exact) mass is 301 g/mol. The molecule has 0 atom stereocenters. The summed E-state index contributed by atoms with van der Waals surface area (Å²) in [6, 6.07) is 0. The van der Waals surface area contributed by atoms with E-state index in [1.807, 2.05) is 6.92 Å². The van der Waals surface area contributed by atoms with Crippen LogP contribution in [0.4, 0.5) is 0 Å². The number of aryl methyl sites for hydroxylation is 1. The fourth-order valence-electron chi connectivity index (χ4n) is 2.27. The first-order valence-electron chi connectivity index (χ1n) is 6.29. The number of imidazole rings is 1. The number of oxime groups is 1. The van der Waals surface area contributed by atoms with Crippen LogP contribution < -0.4 is 5.73 Å². The minimum Gasteiger partial charge on any atom is -0.409 e. The predicted molar refractivity (Wildman–Crippen MR) is 72.8 cm³/mol. The van der Waals surface area contributed by atoms with E-state index in [9.17, 15) is 8.42 Å². The maximum absolute atomic E-state index is 12.4. The Morgan fingerprint density at radius 2 is 2.15 bits per heavy atom. The Morgan fingerprint density at radius 3 is 2.60 bits per heavy atom. The zero-order valence-corrected chi connectivity index (χ0v) is 12.3. The van der Waals surface area contributed by atoms with Crippen molar-refractivity contribution < 1.29 is 13.6 Å². The third-order valence-corrected chi connectivity index (χ3v) is 5.66. The van der Waals surface area contributed by atoms with Gasteiger partial charge in [0.05, 0.1) is 6.20 Å². The number of hydrogen-bond acceptors (Lipinski definition) is 5. The Kier molecular flexibility index (Phi) is 3.74. The number of nitrogens with one attached hydrogen (secondary N) is 1. The zero-order chi connectivity index (χ0) is 15.0. The molecule has 0 bridgehead atoms. The van der Waals surface area contributed by atoms with Crippen molar-refractivity contribution in [1.29, 1.82) is 0 Å². The highest BCUT2D eigenvalue weighted by molar-refractivity contribution is 7.89. The lowest BCUT2D eigenvalue weighted by atomic mass is 9.80. The maximum atomic E-state index is 12.4. The first-order valence-corrected chi connectivity index (χ1v) is 7.73. The molecule has 0 spiro atoms. The van der Waals surface area contributed by atoms with Crippen LogP contribution in [0.15, 0.2) is 16.4 Å². The molecule has 0 amide bonds. The second-order valence-electron chi connectivity index (χ2n) is 5.28. The van der Waals surface area contributed by atoms with Crippen LogP contribution >= 0.6 is 0 Å². The lowest BCUT2D eigenvalue weighted by Crippen LogP contribution is -2.47. The number of amidine groups is 1. The largest absolute Gasteiger partial charge is 0.409 e. The molecular weight excluding hydrogens is 282 g/mol. The van der Waals surface area contributed by atoms with Crippen LogP contribution in [0, 0.1) is 12.3 Å². The second-order valence-corrected chi connectivity index (χ2v) is 7.19. The van der Waals surface area contributed by atoms with Gasteiger partial charge in [0.1, 0.15) is 11.7 Å². The Morgan fingerprint density at radius 1 is 1.55 bits per heavy atom. The van der Waals surface area contributed by atoms with E-state index in [1.165, 1.54) is 10.5 Å². The van der Waals surface area contributed by atoms with Gasteiger partial charge in [-0.1, -0.05) is 12.1 Å². The van der Waals surface area contributed by atoms with Crippen LogP contribution in [0.3, 0.4) is 0 Å². The van der Waals surface area contributed by atoms with Crippen LogP contribution in [-0.4, -0.2) is 46.8 Å². The average Bonchev–Trinajstić information content (AvgIpc) is 2.85. The van der Waals surface area contributed by atoms with E-state index in [1.54, 1.807) is 6.92 Å². The smallest absolute Gasteiger partial charge is 0.260 e. The van der Waals surface area contributed by atoms with Gasteiger partial charge in [-0.3, -0.25) is 0 Å². The van der Waals surface area contributed by atoms with Crippen LogP contribution in [-0.2, 0) is 10.0 Å². The predicted octanol–water partition coefficient (Wildman–Crippen LogP) is 0.255. The summed E-state index contributed by atoms with van der Waals surface area (Å²) in [6.07, 6.45) is 2.34. The van der Waals surface area contributed by atoms with E-state index in [0.29, 0.717) is 31.8 Å². The van der Waals surface area contributed by atoms with Crippen LogP contribution in [0.5, 0.6) is 0 Å². The van der Waals surface area contributed by atoms with E-state index in [4.69, 9.17) is 10.9 Å². The summed E-state index contributed by atoms with van der Waals surface area (Å²) < 4.78 is 26.2. The number of sulfonamides is 1. The standard InChI is InChI=1S/C11H19N5O3S/c1-8-13-7-9(14-8)20(18,19)16-5-3-11(2,4-6-16)10(12)15-17/h7,17H,3-6H2,1-2H3,(H2,12,15)(H,13,14).